The Balaban J connectivity index is 1.65. The average Bonchev–Trinajstić information content (AvgIpc) is 3.12. The summed E-state index contributed by atoms with van der Waals surface area (Å²) in [6.45, 7) is 2.29. The lowest BCUT2D eigenvalue weighted by molar-refractivity contribution is -0.118. The molecule has 0 radical (unpaired) electrons. The number of fused-ring (bicyclic) bond motifs is 2. The standard InChI is InChI=1S/C19H15N3O3S/c1-2-21-14-9-5-6-10-15(14)26-19(21)20-16(23)11-22-17(24)12-7-3-4-8-13(12)18(22)25/h3-10H,2,11H2,1H3. The second kappa shape index (κ2) is 6.34. The van der Waals surface area contributed by atoms with Gasteiger partial charge < -0.3 is 4.57 Å². The number of nitrogens with zero attached hydrogens (tertiary/aromatic N) is 3. The van der Waals surface area contributed by atoms with Crippen molar-refractivity contribution in [3.05, 3.63) is 64.5 Å². The molecule has 3 aromatic rings. The van der Waals surface area contributed by atoms with E-state index in [0.717, 1.165) is 15.1 Å². The third-order valence-corrected chi connectivity index (χ3v) is 5.36. The molecule has 0 fully saturated rings. The molecule has 2 heterocycles. The van der Waals surface area contributed by atoms with Gasteiger partial charge in [-0.25, -0.2) is 0 Å². The highest BCUT2D eigenvalue weighted by atomic mass is 32.1. The summed E-state index contributed by atoms with van der Waals surface area (Å²) in [7, 11) is 0. The van der Waals surface area contributed by atoms with Gasteiger partial charge in [-0.05, 0) is 31.2 Å². The van der Waals surface area contributed by atoms with Gasteiger partial charge in [0.1, 0.15) is 6.54 Å². The van der Waals surface area contributed by atoms with Crippen molar-refractivity contribution < 1.29 is 14.4 Å². The molecule has 7 heteroatoms. The minimum atomic E-state index is -0.520. The molecule has 1 aromatic heterocycles. The largest absolute Gasteiger partial charge is 0.317 e. The molecule has 4 rings (SSSR count). The monoisotopic (exact) mass is 365 g/mol. The van der Waals surface area contributed by atoms with Crippen LogP contribution in [0.1, 0.15) is 27.6 Å². The predicted molar refractivity (Wildman–Crippen MR) is 97.9 cm³/mol. The lowest BCUT2D eigenvalue weighted by Gasteiger charge is -2.10. The van der Waals surface area contributed by atoms with Crippen LogP contribution in [0, 0.1) is 0 Å². The Kier molecular flexibility index (Phi) is 4.00. The lowest BCUT2D eigenvalue weighted by Crippen LogP contribution is -2.35. The number of amides is 3. The summed E-state index contributed by atoms with van der Waals surface area (Å²) in [5.41, 5.74) is 1.67. The summed E-state index contributed by atoms with van der Waals surface area (Å²) in [5, 5.41) is 0. The van der Waals surface area contributed by atoms with Crippen LogP contribution in [0.3, 0.4) is 0 Å². The third kappa shape index (κ3) is 2.57. The normalized spacial score (nSPS) is 14.3. The van der Waals surface area contributed by atoms with E-state index in [0.29, 0.717) is 22.5 Å². The average molecular weight is 365 g/mol. The molecule has 0 bridgehead atoms. The van der Waals surface area contributed by atoms with Crippen LogP contribution in [-0.2, 0) is 11.3 Å². The molecule has 130 valence electrons. The molecule has 6 nitrogen and oxygen atoms in total. The van der Waals surface area contributed by atoms with Crippen LogP contribution in [0.15, 0.2) is 53.5 Å². The first-order valence-electron chi connectivity index (χ1n) is 8.21. The first kappa shape index (κ1) is 16.4. The van der Waals surface area contributed by atoms with Gasteiger partial charge in [0.05, 0.1) is 21.3 Å². The Morgan fingerprint density at radius 1 is 1.00 bits per heavy atom. The third-order valence-electron chi connectivity index (χ3n) is 4.30. The van der Waals surface area contributed by atoms with E-state index in [1.807, 2.05) is 35.8 Å². The first-order chi connectivity index (χ1) is 12.6. The summed E-state index contributed by atoms with van der Waals surface area (Å²) in [6, 6.07) is 14.4. The van der Waals surface area contributed by atoms with Crippen LogP contribution in [0.4, 0.5) is 0 Å². The molecule has 2 aromatic carbocycles. The maximum atomic E-state index is 12.4. The van der Waals surface area contributed by atoms with Crippen LogP contribution in [0.5, 0.6) is 0 Å². The number of aromatic nitrogens is 1. The van der Waals surface area contributed by atoms with Crippen molar-refractivity contribution in [1.29, 1.82) is 0 Å². The van der Waals surface area contributed by atoms with E-state index in [2.05, 4.69) is 4.99 Å². The van der Waals surface area contributed by atoms with Gasteiger partial charge in [0.2, 0.25) is 0 Å². The summed E-state index contributed by atoms with van der Waals surface area (Å²) >= 11 is 1.41. The highest BCUT2D eigenvalue weighted by Crippen LogP contribution is 2.22. The molecule has 1 aliphatic rings. The minimum Gasteiger partial charge on any atom is -0.317 e. The Morgan fingerprint density at radius 2 is 1.62 bits per heavy atom. The lowest BCUT2D eigenvalue weighted by atomic mass is 10.1. The molecular formula is C19H15N3O3S. The number of hydrogen-bond donors (Lipinski definition) is 0. The molecule has 0 saturated carbocycles. The second-order valence-electron chi connectivity index (χ2n) is 5.84. The Labute approximate surface area is 153 Å². The molecule has 1 aliphatic heterocycles. The van der Waals surface area contributed by atoms with Crippen molar-refractivity contribution in [3.8, 4) is 0 Å². The van der Waals surface area contributed by atoms with Gasteiger partial charge in [0.25, 0.3) is 17.7 Å². The van der Waals surface area contributed by atoms with Gasteiger partial charge in [-0.1, -0.05) is 35.6 Å². The molecule has 3 amide bonds. The van der Waals surface area contributed by atoms with Crippen molar-refractivity contribution in [3.63, 3.8) is 0 Å². The van der Waals surface area contributed by atoms with Gasteiger partial charge >= 0.3 is 0 Å². The van der Waals surface area contributed by atoms with Crippen LogP contribution in [0.25, 0.3) is 10.2 Å². The first-order valence-corrected chi connectivity index (χ1v) is 9.03. The highest BCUT2D eigenvalue weighted by molar-refractivity contribution is 7.16. The Bertz CT molecular complexity index is 1090. The van der Waals surface area contributed by atoms with E-state index in [1.165, 1.54) is 11.3 Å². The van der Waals surface area contributed by atoms with E-state index >= 15 is 0 Å². The predicted octanol–water partition coefficient (Wildman–Crippen LogP) is 2.45. The van der Waals surface area contributed by atoms with E-state index in [-0.39, 0.29) is 6.54 Å². The smallest absolute Gasteiger partial charge is 0.268 e. The molecule has 0 spiro atoms. The maximum absolute atomic E-state index is 12.4. The number of hydrogen-bond acceptors (Lipinski definition) is 4. The number of carbonyl (C=O) groups excluding carboxylic acids is 3. The molecule has 26 heavy (non-hydrogen) atoms. The van der Waals surface area contributed by atoms with Gasteiger partial charge in [0.15, 0.2) is 4.80 Å². The second-order valence-corrected chi connectivity index (χ2v) is 6.85. The highest BCUT2D eigenvalue weighted by Gasteiger charge is 2.36. The fraction of sp³-hybridized carbons (Fsp3) is 0.158. The topological polar surface area (TPSA) is 71.7 Å². The van der Waals surface area contributed by atoms with Gasteiger partial charge in [-0.15, -0.1) is 0 Å². The summed E-state index contributed by atoms with van der Waals surface area (Å²) in [6.07, 6.45) is 0. The van der Waals surface area contributed by atoms with Crippen molar-refractivity contribution in [2.75, 3.05) is 6.54 Å². The molecule has 0 aliphatic carbocycles. The molecule has 0 N–H and O–H groups in total. The van der Waals surface area contributed by atoms with E-state index in [1.54, 1.807) is 24.3 Å². The van der Waals surface area contributed by atoms with E-state index in [9.17, 15) is 14.4 Å². The number of para-hydroxylation sites is 1. The van der Waals surface area contributed by atoms with Crippen LogP contribution in [-0.4, -0.2) is 33.7 Å². The number of benzene rings is 2. The molecule has 0 atom stereocenters. The Morgan fingerprint density at radius 3 is 2.27 bits per heavy atom. The van der Waals surface area contributed by atoms with Crippen LogP contribution in [0.2, 0.25) is 0 Å². The summed E-state index contributed by atoms with van der Waals surface area (Å²) < 4.78 is 2.97. The van der Waals surface area contributed by atoms with Crippen LogP contribution < -0.4 is 4.80 Å². The number of aryl methyl sites for hydroxylation is 1. The van der Waals surface area contributed by atoms with Crippen molar-refractivity contribution in [2.45, 2.75) is 13.5 Å². The molecule has 0 unspecified atom stereocenters. The van der Waals surface area contributed by atoms with Crippen LogP contribution >= 0.6 is 11.3 Å². The fourth-order valence-electron chi connectivity index (χ4n) is 3.07. The number of carbonyl (C=O) groups is 3. The number of imide groups is 1. The quantitative estimate of drug-likeness (QED) is 0.669. The number of thiazole rings is 1. The molecule has 0 saturated heterocycles. The number of rotatable bonds is 3. The molecular weight excluding hydrogens is 350 g/mol. The summed E-state index contributed by atoms with van der Waals surface area (Å²) in [4.78, 5) is 42.9. The van der Waals surface area contributed by atoms with Crippen molar-refractivity contribution in [1.82, 2.24) is 9.47 Å². The van der Waals surface area contributed by atoms with Gasteiger partial charge in [-0.2, -0.15) is 4.99 Å². The summed E-state index contributed by atoms with van der Waals surface area (Å²) in [5.74, 6) is -1.42. The van der Waals surface area contributed by atoms with Gasteiger partial charge in [-0.3, -0.25) is 19.3 Å². The minimum absolute atomic E-state index is 0.329. The zero-order chi connectivity index (χ0) is 18.3. The zero-order valence-electron chi connectivity index (χ0n) is 14.0. The van der Waals surface area contributed by atoms with Crippen molar-refractivity contribution >= 4 is 39.3 Å². The zero-order valence-corrected chi connectivity index (χ0v) is 14.8. The van der Waals surface area contributed by atoms with E-state index < -0.39 is 17.7 Å². The Hall–Kier alpha value is -3.06. The van der Waals surface area contributed by atoms with Gasteiger partial charge in [0, 0.05) is 6.54 Å². The fourth-order valence-corrected chi connectivity index (χ4v) is 4.18. The van der Waals surface area contributed by atoms with E-state index in [4.69, 9.17) is 0 Å². The van der Waals surface area contributed by atoms with Crippen molar-refractivity contribution in [2.24, 2.45) is 4.99 Å². The maximum Gasteiger partial charge on any atom is 0.268 e. The SMILES string of the molecule is CCn1c(=NC(=O)CN2C(=O)c3ccccc3C2=O)sc2ccccc21.